The van der Waals surface area contributed by atoms with Crippen molar-refractivity contribution in [3.8, 4) is 5.69 Å². The number of hydrogen-bond acceptors (Lipinski definition) is 6. The summed E-state index contributed by atoms with van der Waals surface area (Å²) in [4.78, 5) is 44.6. The van der Waals surface area contributed by atoms with Crippen LogP contribution in [0.15, 0.2) is 35.8 Å². The number of halogens is 1. The van der Waals surface area contributed by atoms with Crippen LogP contribution in [0.3, 0.4) is 0 Å². The second kappa shape index (κ2) is 10.7. The van der Waals surface area contributed by atoms with E-state index in [9.17, 15) is 9.59 Å². The van der Waals surface area contributed by atoms with Crippen LogP contribution in [0.1, 0.15) is 71.3 Å². The zero-order valence-corrected chi connectivity index (χ0v) is 25.0. The quantitative estimate of drug-likeness (QED) is 0.392. The normalized spacial score (nSPS) is 18.2. The van der Waals surface area contributed by atoms with Crippen LogP contribution in [-0.4, -0.2) is 55.5 Å². The Hall–Kier alpha value is -3.26. The Morgan fingerprint density at radius 3 is 2.51 bits per heavy atom. The van der Waals surface area contributed by atoms with Gasteiger partial charge in [0, 0.05) is 31.4 Å². The second-order valence-corrected chi connectivity index (χ2v) is 12.5. The van der Waals surface area contributed by atoms with Crippen LogP contribution >= 0.6 is 11.6 Å². The largest absolute Gasteiger partial charge is 0.355 e. The Morgan fingerprint density at radius 1 is 1.21 bits per heavy atom. The summed E-state index contributed by atoms with van der Waals surface area (Å²) in [6, 6.07) is 3.61. The first-order valence-electron chi connectivity index (χ1n) is 13.5. The molecule has 0 bridgehead atoms. The second-order valence-electron chi connectivity index (χ2n) is 12.1. The van der Waals surface area contributed by atoms with E-state index in [4.69, 9.17) is 16.6 Å². The van der Waals surface area contributed by atoms with E-state index < -0.39 is 5.69 Å². The summed E-state index contributed by atoms with van der Waals surface area (Å²) in [7, 11) is 0. The third-order valence-electron chi connectivity index (χ3n) is 7.21. The van der Waals surface area contributed by atoms with E-state index in [1.54, 1.807) is 15.7 Å². The van der Waals surface area contributed by atoms with Crippen molar-refractivity contribution < 1.29 is 4.79 Å². The van der Waals surface area contributed by atoms with Crippen molar-refractivity contribution in [2.45, 2.75) is 79.8 Å². The van der Waals surface area contributed by atoms with Crippen LogP contribution in [0, 0.1) is 12.3 Å². The number of amides is 1. The maximum absolute atomic E-state index is 14.0. The van der Waals surface area contributed by atoms with Gasteiger partial charge in [-0.05, 0) is 62.3 Å². The summed E-state index contributed by atoms with van der Waals surface area (Å²) in [5, 5.41) is 1.23. The molecule has 0 aromatic carbocycles. The van der Waals surface area contributed by atoms with E-state index in [0.717, 1.165) is 17.0 Å². The summed E-state index contributed by atoms with van der Waals surface area (Å²) in [6.07, 6.45) is 3.76. The van der Waals surface area contributed by atoms with Gasteiger partial charge in [0.2, 0.25) is 5.91 Å². The van der Waals surface area contributed by atoms with E-state index in [2.05, 4.69) is 56.1 Å². The lowest BCUT2D eigenvalue weighted by atomic mass is 9.90. The smallest absolute Gasteiger partial charge is 0.349 e. The zero-order valence-electron chi connectivity index (χ0n) is 24.2. The van der Waals surface area contributed by atoms with E-state index in [0.29, 0.717) is 47.1 Å². The van der Waals surface area contributed by atoms with Gasteiger partial charge in [0.15, 0.2) is 5.65 Å². The number of hydrogen-bond donors (Lipinski definition) is 0. The van der Waals surface area contributed by atoms with Crippen LogP contribution in [0.2, 0.25) is 5.02 Å². The number of carbonyl (C=O) groups excluding carboxylic acids is 1. The lowest BCUT2D eigenvalue weighted by Gasteiger charge is -2.44. The van der Waals surface area contributed by atoms with Crippen LogP contribution in [0.4, 0.5) is 5.82 Å². The first-order chi connectivity index (χ1) is 18.2. The Bertz CT molecular complexity index is 1490. The molecule has 3 aromatic rings. The monoisotopic (exact) mass is 550 g/mol. The maximum atomic E-state index is 14.0. The molecule has 1 aliphatic heterocycles. The van der Waals surface area contributed by atoms with Crippen LogP contribution in [0.25, 0.3) is 16.7 Å². The SMILES string of the molecule is C=CC(=O)N1CC(C)N(c2nc(=O)n(-c3c(C)ccnc3C(C)C)c3nc(CC(C)(C)C)c(Cl)cc23)CC1C. The third-order valence-corrected chi connectivity index (χ3v) is 7.54. The summed E-state index contributed by atoms with van der Waals surface area (Å²) >= 11 is 6.85. The summed E-state index contributed by atoms with van der Waals surface area (Å²) in [6.45, 7) is 21.2. The van der Waals surface area contributed by atoms with Crippen molar-refractivity contribution in [3.05, 3.63) is 63.4 Å². The standard InChI is InChI=1S/C30H39ClN6O2/c1-10-24(38)35-15-20(6)36(16-19(35)5)27-21-13-22(31)23(14-30(7,8)9)33-28(21)37(29(39)34-27)26-18(4)11-12-32-25(26)17(2)3/h10-13,17,19-20H,1,14-16H2,2-9H3. The highest BCUT2D eigenvalue weighted by molar-refractivity contribution is 6.32. The Morgan fingerprint density at radius 2 is 1.90 bits per heavy atom. The molecule has 1 saturated heterocycles. The molecule has 208 valence electrons. The summed E-state index contributed by atoms with van der Waals surface area (Å²) in [5.74, 6) is 0.506. The topological polar surface area (TPSA) is 84.2 Å². The highest BCUT2D eigenvalue weighted by atomic mass is 35.5. The highest BCUT2D eigenvalue weighted by Crippen LogP contribution is 2.34. The number of aryl methyl sites for hydroxylation is 1. The van der Waals surface area contributed by atoms with E-state index in [1.165, 1.54) is 6.08 Å². The van der Waals surface area contributed by atoms with Crippen molar-refractivity contribution in [3.63, 3.8) is 0 Å². The molecule has 0 N–H and O–H groups in total. The maximum Gasteiger partial charge on any atom is 0.355 e. The average molecular weight is 551 g/mol. The Balaban J connectivity index is 2.02. The van der Waals surface area contributed by atoms with Crippen molar-refractivity contribution in [2.75, 3.05) is 18.0 Å². The van der Waals surface area contributed by atoms with E-state index in [1.807, 2.05) is 32.9 Å². The number of rotatable bonds is 5. The van der Waals surface area contributed by atoms with Gasteiger partial charge in [0.1, 0.15) is 5.82 Å². The molecule has 0 radical (unpaired) electrons. The number of anilines is 1. The predicted molar refractivity (Wildman–Crippen MR) is 158 cm³/mol. The van der Waals surface area contributed by atoms with Gasteiger partial charge >= 0.3 is 5.69 Å². The predicted octanol–water partition coefficient (Wildman–Crippen LogP) is 5.46. The van der Waals surface area contributed by atoms with E-state index in [-0.39, 0.29) is 29.3 Å². The van der Waals surface area contributed by atoms with Crippen molar-refractivity contribution in [1.29, 1.82) is 0 Å². The number of aromatic nitrogens is 4. The molecule has 4 heterocycles. The van der Waals surface area contributed by atoms with E-state index >= 15 is 0 Å². The van der Waals surface area contributed by atoms with Gasteiger partial charge in [-0.15, -0.1) is 0 Å². The van der Waals surface area contributed by atoms with Gasteiger partial charge in [-0.1, -0.05) is 52.8 Å². The van der Waals surface area contributed by atoms with Gasteiger partial charge in [0.25, 0.3) is 0 Å². The van der Waals surface area contributed by atoms with Crippen molar-refractivity contribution in [2.24, 2.45) is 5.41 Å². The lowest BCUT2D eigenvalue weighted by molar-refractivity contribution is -0.128. The van der Waals surface area contributed by atoms with Crippen LogP contribution < -0.4 is 10.6 Å². The minimum Gasteiger partial charge on any atom is -0.349 e. The third kappa shape index (κ3) is 5.57. The fourth-order valence-electron chi connectivity index (χ4n) is 5.32. The zero-order chi connectivity index (χ0) is 28.8. The number of fused-ring (bicyclic) bond motifs is 1. The fraction of sp³-hybridized carbons (Fsp3) is 0.500. The van der Waals surface area contributed by atoms with Gasteiger partial charge in [0.05, 0.1) is 27.5 Å². The summed E-state index contributed by atoms with van der Waals surface area (Å²) in [5.41, 5.74) is 3.20. The molecule has 2 unspecified atom stereocenters. The summed E-state index contributed by atoms with van der Waals surface area (Å²) < 4.78 is 1.60. The van der Waals surface area contributed by atoms with Gasteiger partial charge < -0.3 is 9.80 Å². The number of pyridine rings is 2. The minimum atomic E-state index is -0.420. The molecule has 1 amide bonds. The number of piperazine rings is 1. The molecular formula is C30H39ClN6O2. The molecule has 2 atom stereocenters. The lowest BCUT2D eigenvalue weighted by Crippen LogP contribution is -2.58. The fourth-order valence-corrected chi connectivity index (χ4v) is 5.54. The first kappa shape index (κ1) is 28.7. The minimum absolute atomic E-state index is 0.0589. The highest BCUT2D eigenvalue weighted by Gasteiger charge is 2.34. The molecule has 0 spiro atoms. The number of nitrogens with zero attached hydrogens (tertiary/aromatic N) is 6. The molecule has 8 nitrogen and oxygen atoms in total. The first-order valence-corrected chi connectivity index (χ1v) is 13.9. The van der Waals surface area contributed by atoms with Crippen LogP contribution in [-0.2, 0) is 11.2 Å². The number of carbonyl (C=O) groups is 1. The molecule has 1 fully saturated rings. The van der Waals surface area contributed by atoms with Gasteiger partial charge in [-0.2, -0.15) is 4.98 Å². The van der Waals surface area contributed by atoms with Crippen LogP contribution in [0.5, 0.6) is 0 Å². The molecular weight excluding hydrogens is 512 g/mol. The molecule has 0 saturated carbocycles. The Kier molecular flexibility index (Phi) is 7.90. The Labute approximate surface area is 235 Å². The van der Waals surface area contributed by atoms with Crippen molar-refractivity contribution >= 4 is 34.4 Å². The molecule has 4 rings (SSSR count). The molecule has 1 aliphatic rings. The molecule has 39 heavy (non-hydrogen) atoms. The van der Waals surface area contributed by atoms with Crippen molar-refractivity contribution in [1.82, 2.24) is 24.4 Å². The molecule has 0 aliphatic carbocycles. The van der Waals surface area contributed by atoms with Gasteiger partial charge in [-0.25, -0.2) is 14.3 Å². The average Bonchev–Trinajstić information content (AvgIpc) is 2.84. The molecule has 9 heteroatoms. The van der Waals surface area contributed by atoms with Gasteiger partial charge in [-0.3, -0.25) is 9.78 Å². The molecule has 3 aromatic heterocycles.